The van der Waals surface area contributed by atoms with E-state index in [0.29, 0.717) is 23.5 Å². The Bertz CT molecular complexity index is 1270. The molecule has 0 radical (unpaired) electrons. The van der Waals surface area contributed by atoms with Gasteiger partial charge >= 0.3 is 0 Å². The molecule has 7 heteroatoms. The van der Waals surface area contributed by atoms with Crippen molar-refractivity contribution in [3.8, 4) is 16.9 Å². The van der Waals surface area contributed by atoms with Gasteiger partial charge in [0.05, 0.1) is 17.9 Å². The predicted molar refractivity (Wildman–Crippen MR) is 136 cm³/mol. The van der Waals surface area contributed by atoms with Crippen LogP contribution in [0.5, 0.6) is 5.75 Å². The number of anilines is 1. The van der Waals surface area contributed by atoms with Crippen LogP contribution in [0, 0.1) is 17.8 Å². The number of nitrogens with zero attached hydrogens (tertiary/aromatic N) is 3. The number of rotatable bonds is 5. The first-order valence-electron chi connectivity index (χ1n) is 13.6. The smallest absolute Gasteiger partial charge is 0.230 e. The molecule has 6 nitrogen and oxygen atoms in total. The lowest BCUT2D eigenvalue weighted by Crippen LogP contribution is -2.43. The van der Waals surface area contributed by atoms with Crippen molar-refractivity contribution in [3.63, 3.8) is 0 Å². The van der Waals surface area contributed by atoms with Gasteiger partial charge in [0.15, 0.2) is 5.83 Å². The molecular formula is C29H33FN4O2. The van der Waals surface area contributed by atoms with Gasteiger partial charge in [-0.05, 0) is 89.1 Å². The van der Waals surface area contributed by atoms with Crippen LogP contribution in [0.25, 0.3) is 11.1 Å². The van der Waals surface area contributed by atoms with Gasteiger partial charge in [0, 0.05) is 40.8 Å². The van der Waals surface area contributed by atoms with Gasteiger partial charge in [-0.3, -0.25) is 9.48 Å². The topological polar surface area (TPSA) is 59.4 Å². The number of halogens is 1. The number of aromatic nitrogens is 2. The fourth-order valence-corrected chi connectivity index (χ4v) is 6.19. The number of ether oxygens (including phenoxy) is 1. The molecule has 3 aliphatic carbocycles. The summed E-state index contributed by atoms with van der Waals surface area (Å²) < 4.78 is 23.6. The molecule has 3 unspecified atom stereocenters. The van der Waals surface area contributed by atoms with Crippen molar-refractivity contribution in [1.29, 1.82) is 0 Å². The minimum Gasteiger partial charge on any atom is -0.457 e. The lowest BCUT2D eigenvalue weighted by atomic mass is 9.91. The van der Waals surface area contributed by atoms with E-state index < -0.39 is 0 Å². The number of carbonyl (C=O) groups excluding carboxylic acids is 1. The van der Waals surface area contributed by atoms with Gasteiger partial charge in [-0.1, -0.05) is 6.08 Å². The fraction of sp³-hybridized carbons (Fsp3) is 0.517. The second kappa shape index (κ2) is 8.58. The second-order valence-electron chi connectivity index (χ2n) is 11.2. The highest BCUT2D eigenvalue weighted by Gasteiger charge is 2.45. The number of amides is 1. The molecule has 3 heterocycles. The van der Waals surface area contributed by atoms with Crippen molar-refractivity contribution in [2.24, 2.45) is 17.8 Å². The van der Waals surface area contributed by atoms with Crippen LogP contribution in [0.2, 0.25) is 0 Å². The Morgan fingerprint density at radius 1 is 1.17 bits per heavy atom. The number of benzene rings is 1. The van der Waals surface area contributed by atoms with Crippen molar-refractivity contribution in [3.05, 3.63) is 53.8 Å². The molecule has 36 heavy (non-hydrogen) atoms. The van der Waals surface area contributed by atoms with E-state index in [-0.39, 0.29) is 29.6 Å². The van der Waals surface area contributed by atoms with E-state index >= 15 is 0 Å². The summed E-state index contributed by atoms with van der Waals surface area (Å²) in [5.74, 6) is 1.71. The maximum absolute atomic E-state index is 15.0. The zero-order valence-corrected chi connectivity index (χ0v) is 20.8. The summed E-state index contributed by atoms with van der Waals surface area (Å²) in [6, 6.07) is 4.64. The molecule has 0 bridgehead atoms. The quantitative estimate of drug-likeness (QED) is 0.619. The SMILES string of the molecule is CC1CCc2c(ccc(-c3cnn(C4CCNCC4)c3)c2OC2=C(F)C=CC3CC23)N1C(=O)C1CC1. The number of carbonyl (C=O) groups is 1. The molecule has 3 atom stereocenters. The first-order valence-corrected chi connectivity index (χ1v) is 13.6. The van der Waals surface area contributed by atoms with Crippen LogP contribution < -0.4 is 15.0 Å². The molecule has 2 aromatic rings. The molecule has 188 valence electrons. The Kier molecular flexibility index (Phi) is 5.31. The molecule has 1 saturated heterocycles. The van der Waals surface area contributed by atoms with E-state index in [4.69, 9.17) is 9.84 Å². The summed E-state index contributed by atoms with van der Waals surface area (Å²) >= 11 is 0. The molecule has 1 aromatic carbocycles. The Morgan fingerprint density at radius 2 is 2.00 bits per heavy atom. The number of fused-ring (bicyclic) bond motifs is 2. The van der Waals surface area contributed by atoms with E-state index in [1.54, 1.807) is 6.08 Å². The maximum atomic E-state index is 15.0. The van der Waals surface area contributed by atoms with Crippen LogP contribution in [0.15, 0.2) is 48.3 Å². The number of hydrogen-bond donors (Lipinski definition) is 1. The van der Waals surface area contributed by atoms with Gasteiger partial charge < -0.3 is 15.0 Å². The van der Waals surface area contributed by atoms with Gasteiger partial charge in [-0.2, -0.15) is 5.10 Å². The third kappa shape index (κ3) is 3.79. The average Bonchev–Trinajstić information content (AvgIpc) is 3.83. The molecule has 1 aromatic heterocycles. The van der Waals surface area contributed by atoms with Crippen molar-refractivity contribution >= 4 is 11.6 Å². The normalized spacial score (nSPS) is 27.6. The Hall–Kier alpha value is -2.93. The van der Waals surface area contributed by atoms with E-state index in [1.807, 2.05) is 23.2 Å². The van der Waals surface area contributed by atoms with Crippen LogP contribution in [0.4, 0.5) is 10.1 Å². The highest BCUT2D eigenvalue weighted by atomic mass is 19.1. The second-order valence-corrected chi connectivity index (χ2v) is 11.2. The number of hydrogen-bond acceptors (Lipinski definition) is 4. The summed E-state index contributed by atoms with van der Waals surface area (Å²) in [7, 11) is 0. The number of allylic oxidation sites excluding steroid dienone is 4. The van der Waals surface area contributed by atoms with Gasteiger partial charge in [0.25, 0.3) is 0 Å². The Morgan fingerprint density at radius 3 is 2.81 bits per heavy atom. The average molecular weight is 489 g/mol. The standard InChI is InChI=1S/C29H33FN4O2/c1-17-2-6-23-26(34(17)29(35)18-3-4-18)9-7-22(20-15-32-33(16-20)21-10-12-31-13-11-21)27(23)36-28-24-14-19(24)5-8-25(28)30/h5,7-9,15-19,21,24,31H,2-4,6,10-14H2,1H3. The highest BCUT2D eigenvalue weighted by molar-refractivity contribution is 5.99. The highest BCUT2D eigenvalue weighted by Crippen LogP contribution is 2.52. The molecule has 3 fully saturated rings. The van der Waals surface area contributed by atoms with E-state index in [2.05, 4.69) is 29.2 Å². The lowest BCUT2D eigenvalue weighted by Gasteiger charge is -2.37. The fourth-order valence-electron chi connectivity index (χ4n) is 6.19. The molecular weight excluding hydrogens is 455 g/mol. The maximum Gasteiger partial charge on any atom is 0.230 e. The molecule has 2 saturated carbocycles. The minimum atomic E-state index is -0.280. The summed E-state index contributed by atoms with van der Waals surface area (Å²) in [6.07, 6.45) is 14.2. The monoisotopic (exact) mass is 488 g/mol. The number of nitrogens with one attached hydrogen (secondary N) is 1. The van der Waals surface area contributed by atoms with Crippen molar-refractivity contribution in [1.82, 2.24) is 15.1 Å². The largest absolute Gasteiger partial charge is 0.457 e. The molecule has 5 aliphatic rings. The van der Waals surface area contributed by atoms with E-state index in [9.17, 15) is 9.18 Å². The summed E-state index contributed by atoms with van der Waals surface area (Å²) in [6.45, 7) is 4.13. The summed E-state index contributed by atoms with van der Waals surface area (Å²) in [4.78, 5) is 15.3. The van der Waals surface area contributed by atoms with Crippen molar-refractivity contribution in [2.45, 2.75) is 64.0 Å². The van der Waals surface area contributed by atoms with Crippen LogP contribution in [-0.4, -0.2) is 34.8 Å². The molecule has 7 rings (SSSR count). The van der Waals surface area contributed by atoms with Crippen LogP contribution >= 0.6 is 0 Å². The molecule has 2 aliphatic heterocycles. The minimum absolute atomic E-state index is 0.114. The summed E-state index contributed by atoms with van der Waals surface area (Å²) in [5, 5.41) is 8.13. The van der Waals surface area contributed by atoms with E-state index in [1.165, 1.54) is 0 Å². The van der Waals surface area contributed by atoms with Crippen LogP contribution in [-0.2, 0) is 11.2 Å². The van der Waals surface area contributed by atoms with E-state index in [0.717, 1.165) is 80.4 Å². The molecule has 0 spiro atoms. The van der Waals surface area contributed by atoms with Gasteiger partial charge in [0.2, 0.25) is 5.91 Å². The predicted octanol–water partition coefficient (Wildman–Crippen LogP) is 5.32. The lowest BCUT2D eigenvalue weighted by molar-refractivity contribution is -0.120. The first-order chi connectivity index (χ1) is 17.6. The zero-order chi connectivity index (χ0) is 24.4. The van der Waals surface area contributed by atoms with Crippen LogP contribution in [0.3, 0.4) is 0 Å². The Balaban J connectivity index is 1.32. The third-order valence-corrected chi connectivity index (χ3v) is 8.62. The summed E-state index contributed by atoms with van der Waals surface area (Å²) in [5.41, 5.74) is 3.84. The van der Waals surface area contributed by atoms with Gasteiger partial charge in [-0.15, -0.1) is 0 Å². The van der Waals surface area contributed by atoms with Crippen molar-refractivity contribution in [2.75, 3.05) is 18.0 Å². The van der Waals surface area contributed by atoms with Gasteiger partial charge in [-0.25, -0.2) is 4.39 Å². The van der Waals surface area contributed by atoms with Crippen molar-refractivity contribution < 1.29 is 13.9 Å². The number of piperidine rings is 1. The zero-order valence-electron chi connectivity index (χ0n) is 20.8. The third-order valence-electron chi connectivity index (χ3n) is 8.62. The van der Waals surface area contributed by atoms with Gasteiger partial charge in [0.1, 0.15) is 11.5 Å². The Labute approximate surface area is 211 Å². The molecule has 1 N–H and O–H groups in total. The molecule has 1 amide bonds. The first kappa shape index (κ1) is 22.3. The van der Waals surface area contributed by atoms with Crippen LogP contribution in [0.1, 0.15) is 57.1 Å².